The molecule has 2 aromatic carbocycles. The maximum Gasteiger partial charge on any atom is 0.255 e. The van der Waals surface area contributed by atoms with Gasteiger partial charge in [0.1, 0.15) is 12.1 Å². The van der Waals surface area contributed by atoms with Crippen LogP contribution in [0.5, 0.6) is 0 Å². The molecular weight excluding hydrogens is 452 g/mol. The maximum atomic E-state index is 13.9. The normalized spacial score (nSPS) is 20.0. The molecule has 2 unspecified atom stereocenters. The van der Waals surface area contributed by atoms with Crippen LogP contribution in [0.3, 0.4) is 0 Å². The van der Waals surface area contributed by atoms with Gasteiger partial charge in [-0.2, -0.15) is 0 Å². The Morgan fingerprint density at radius 3 is 2.53 bits per heavy atom. The van der Waals surface area contributed by atoms with Crippen LogP contribution in [0, 0.1) is 5.92 Å². The summed E-state index contributed by atoms with van der Waals surface area (Å²) in [6, 6.07) is 13.9. The third kappa shape index (κ3) is 4.06. The van der Waals surface area contributed by atoms with Gasteiger partial charge in [-0.3, -0.25) is 14.4 Å². The third-order valence-electron chi connectivity index (χ3n) is 7.50. The molecule has 188 valence electrons. The number of carbonyl (C=O) groups is 3. The van der Waals surface area contributed by atoms with E-state index >= 15 is 0 Å². The Kier molecular flexibility index (Phi) is 6.33. The Labute approximate surface area is 211 Å². The fraction of sp³-hybridized carbons (Fsp3) is 0.414. The van der Waals surface area contributed by atoms with Crippen molar-refractivity contribution in [2.24, 2.45) is 5.92 Å². The molecule has 3 amide bonds. The molecule has 3 heterocycles. The van der Waals surface area contributed by atoms with E-state index in [4.69, 9.17) is 0 Å². The van der Waals surface area contributed by atoms with E-state index in [1.807, 2.05) is 70.2 Å². The van der Waals surface area contributed by atoms with Crippen molar-refractivity contribution in [3.05, 3.63) is 70.9 Å². The first kappa shape index (κ1) is 24.1. The standard InChI is InChI=1S/C29H34N4O3/c1-5-17(4)30-27(34)23(14-16(2)3)32-28(35)24-15-21-18-10-8-9-13-22(18)31-25(21)26-19-11-6-7-12-20(19)29(36)33(24)26/h6-13,16-17,23-24,26,31H,5,14-15H2,1-4H3,(H,30,34)(H,32,35)/t17?,23-,24-,26?/m0/s1. The monoisotopic (exact) mass is 486 g/mol. The zero-order valence-corrected chi connectivity index (χ0v) is 21.3. The quantitative estimate of drug-likeness (QED) is 0.470. The molecule has 2 aliphatic heterocycles. The highest BCUT2D eigenvalue weighted by Gasteiger charge is 2.49. The number of benzene rings is 2. The molecule has 3 aromatic rings. The van der Waals surface area contributed by atoms with E-state index in [9.17, 15) is 14.4 Å². The topological polar surface area (TPSA) is 94.3 Å². The number of para-hydroxylation sites is 1. The van der Waals surface area contributed by atoms with E-state index in [2.05, 4.69) is 21.7 Å². The summed E-state index contributed by atoms with van der Waals surface area (Å²) in [4.78, 5) is 45.8. The Morgan fingerprint density at radius 2 is 1.78 bits per heavy atom. The Hall–Kier alpha value is -3.61. The Balaban J connectivity index is 1.53. The number of aromatic nitrogens is 1. The van der Waals surface area contributed by atoms with Crippen molar-refractivity contribution in [3.8, 4) is 0 Å². The molecule has 0 aliphatic carbocycles. The van der Waals surface area contributed by atoms with E-state index in [-0.39, 0.29) is 35.7 Å². The molecule has 0 spiro atoms. The number of hydrogen-bond acceptors (Lipinski definition) is 3. The predicted molar refractivity (Wildman–Crippen MR) is 140 cm³/mol. The number of nitrogens with one attached hydrogen (secondary N) is 3. The molecule has 0 saturated heterocycles. The van der Waals surface area contributed by atoms with Crippen molar-refractivity contribution >= 4 is 28.6 Å². The van der Waals surface area contributed by atoms with Gasteiger partial charge in [0.15, 0.2) is 0 Å². The lowest BCUT2D eigenvalue weighted by Crippen LogP contribution is -2.57. The summed E-state index contributed by atoms with van der Waals surface area (Å²) < 4.78 is 0. The van der Waals surface area contributed by atoms with Crippen LogP contribution < -0.4 is 10.6 Å². The minimum Gasteiger partial charge on any atom is -0.356 e. The number of amides is 3. The number of nitrogens with zero attached hydrogens (tertiary/aromatic N) is 1. The number of rotatable bonds is 7. The van der Waals surface area contributed by atoms with Gasteiger partial charge in [-0.05, 0) is 48.9 Å². The summed E-state index contributed by atoms with van der Waals surface area (Å²) in [5.41, 5.74) is 4.54. The van der Waals surface area contributed by atoms with Crippen LogP contribution in [-0.2, 0) is 16.0 Å². The van der Waals surface area contributed by atoms with Crippen molar-refractivity contribution < 1.29 is 14.4 Å². The first-order valence-electron chi connectivity index (χ1n) is 12.9. The summed E-state index contributed by atoms with van der Waals surface area (Å²) in [7, 11) is 0. The van der Waals surface area contributed by atoms with E-state index in [1.54, 1.807) is 4.90 Å². The average molecular weight is 487 g/mol. The highest BCUT2D eigenvalue weighted by atomic mass is 16.2. The maximum absolute atomic E-state index is 13.9. The zero-order valence-electron chi connectivity index (χ0n) is 21.3. The summed E-state index contributed by atoms with van der Waals surface area (Å²) in [5, 5.41) is 7.10. The largest absolute Gasteiger partial charge is 0.356 e. The van der Waals surface area contributed by atoms with Crippen molar-refractivity contribution in [2.45, 2.75) is 71.1 Å². The second-order valence-electron chi connectivity index (χ2n) is 10.5. The third-order valence-corrected chi connectivity index (χ3v) is 7.50. The van der Waals surface area contributed by atoms with Crippen LogP contribution in [0.25, 0.3) is 10.9 Å². The lowest BCUT2D eigenvalue weighted by Gasteiger charge is -2.38. The minimum atomic E-state index is -0.715. The van der Waals surface area contributed by atoms with Gasteiger partial charge in [0.05, 0.1) is 6.04 Å². The number of carbonyl (C=O) groups excluding carboxylic acids is 3. The van der Waals surface area contributed by atoms with Crippen molar-refractivity contribution in [1.82, 2.24) is 20.5 Å². The summed E-state index contributed by atoms with van der Waals surface area (Å²) >= 11 is 0. The average Bonchev–Trinajstić information content (AvgIpc) is 3.38. The van der Waals surface area contributed by atoms with Crippen LogP contribution in [0.1, 0.15) is 73.8 Å². The zero-order chi connectivity index (χ0) is 25.6. The molecule has 0 saturated carbocycles. The summed E-state index contributed by atoms with van der Waals surface area (Å²) in [5.74, 6) is -0.399. The molecule has 0 fully saturated rings. The lowest BCUT2D eigenvalue weighted by molar-refractivity contribution is -0.132. The number of hydrogen-bond donors (Lipinski definition) is 3. The fourth-order valence-electron chi connectivity index (χ4n) is 5.55. The van der Waals surface area contributed by atoms with E-state index < -0.39 is 12.1 Å². The SMILES string of the molecule is CCC(C)NC(=O)[C@H](CC(C)C)NC(=O)[C@@H]1Cc2c([nH]c3ccccc23)C2c3ccccc3C(=O)N21. The molecule has 1 aromatic heterocycles. The molecular formula is C29H34N4O3. The summed E-state index contributed by atoms with van der Waals surface area (Å²) in [6.07, 6.45) is 1.72. The van der Waals surface area contributed by atoms with Crippen LogP contribution >= 0.6 is 0 Å². The van der Waals surface area contributed by atoms with Gasteiger partial charge in [0.25, 0.3) is 5.91 Å². The van der Waals surface area contributed by atoms with Gasteiger partial charge in [-0.15, -0.1) is 0 Å². The lowest BCUT2D eigenvalue weighted by atomic mass is 9.89. The number of fused-ring (bicyclic) bond motifs is 7. The van der Waals surface area contributed by atoms with Gasteiger partial charge >= 0.3 is 0 Å². The van der Waals surface area contributed by atoms with Gasteiger partial charge in [0, 0.05) is 34.6 Å². The molecule has 7 heteroatoms. The van der Waals surface area contributed by atoms with Crippen molar-refractivity contribution in [2.75, 3.05) is 0 Å². The molecule has 4 atom stereocenters. The van der Waals surface area contributed by atoms with Crippen LogP contribution in [0.15, 0.2) is 48.5 Å². The first-order valence-corrected chi connectivity index (χ1v) is 12.9. The van der Waals surface area contributed by atoms with Crippen LogP contribution in [0.4, 0.5) is 0 Å². The smallest absolute Gasteiger partial charge is 0.255 e. The van der Waals surface area contributed by atoms with E-state index in [1.165, 1.54) is 0 Å². The van der Waals surface area contributed by atoms with Gasteiger partial charge in [0.2, 0.25) is 11.8 Å². The minimum absolute atomic E-state index is 0.0200. The van der Waals surface area contributed by atoms with Crippen molar-refractivity contribution in [1.29, 1.82) is 0 Å². The van der Waals surface area contributed by atoms with Crippen molar-refractivity contribution in [3.63, 3.8) is 0 Å². The fourth-order valence-corrected chi connectivity index (χ4v) is 5.55. The number of H-pyrrole nitrogens is 1. The molecule has 5 rings (SSSR count). The Morgan fingerprint density at radius 1 is 1.06 bits per heavy atom. The van der Waals surface area contributed by atoms with E-state index in [0.717, 1.165) is 34.1 Å². The molecule has 0 radical (unpaired) electrons. The van der Waals surface area contributed by atoms with Gasteiger partial charge in [-0.1, -0.05) is 57.2 Å². The van der Waals surface area contributed by atoms with E-state index in [0.29, 0.717) is 18.4 Å². The Bertz CT molecular complexity index is 1330. The predicted octanol–water partition coefficient (Wildman–Crippen LogP) is 4.08. The molecule has 7 nitrogen and oxygen atoms in total. The molecule has 0 bridgehead atoms. The molecule has 3 N–H and O–H groups in total. The van der Waals surface area contributed by atoms with Gasteiger partial charge in [-0.25, -0.2) is 0 Å². The molecule has 36 heavy (non-hydrogen) atoms. The van der Waals surface area contributed by atoms with Crippen LogP contribution in [0.2, 0.25) is 0 Å². The van der Waals surface area contributed by atoms with Gasteiger partial charge < -0.3 is 20.5 Å². The second-order valence-corrected chi connectivity index (χ2v) is 10.5. The highest BCUT2D eigenvalue weighted by Crippen LogP contribution is 2.46. The van der Waals surface area contributed by atoms with Crippen LogP contribution in [-0.4, -0.2) is 45.7 Å². The number of aromatic amines is 1. The summed E-state index contributed by atoms with van der Waals surface area (Å²) in [6.45, 7) is 8.03. The first-order chi connectivity index (χ1) is 17.3. The molecule has 2 aliphatic rings. The highest BCUT2D eigenvalue weighted by molar-refractivity contribution is 6.04. The second kappa shape index (κ2) is 9.45.